The van der Waals surface area contributed by atoms with Gasteiger partial charge < -0.3 is 29.4 Å². The third-order valence-electron chi connectivity index (χ3n) is 7.13. The Balaban J connectivity index is 1.74. The summed E-state index contributed by atoms with van der Waals surface area (Å²) >= 11 is 1.69. The number of nitrogens with one attached hydrogen (secondary N) is 1. The van der Waals surface area contributed by atoms with Crippen molar-refractivity contribution in [3.63, 3.8) is 0 Å². The van der Waals surface area contributed by atoms with Crippen LogP contribution in [0.4, 0.5) is 0 Å². The fraction of sp³-hybridized carbons (Fsp3) is 0.400. The molecule has 0 fully saturated rings. The number of esters is 1. The van der Waals surface area contributed by atoms with Gasteiger partial charge in [-0.25, -0.2) is 4.79 Å². The predicted molar refractivity (Wildman–Crippen MR) is 151 cm³/mol. The quantitative estimate of drug-likeness (QED) is 0.308. The fourth-order valence-electron chi connectivity index (χ4n) is 5.27. The lowest BCUT2D eigenvalue weighted by molar-refractivity contribution is -0.138. The third-order valence-corrected chi connectivity index (χ3v) is 7.99. The van der Waals surface area contributed by atoms with Crippen LogP contribution >= 0.6 is 11.8 Å². The number of carbonyl (C=O) groups is 2. The van der Waals surface area contributed by atoms with E-state index in [1.54, 1.807) is 38.1 Å². The SMILES string of the molecule is CCSCCOC(=O)C1=C(C)NC2=C(C(=O)C[C@@H](c3ccc(OC)c(OC)c3)C2)[C@@H]1c1ccc(O)c(OC)c1. The zero-order valence-electron chi connectivity index (χ0n) is 23.0. The van der Waals surface area contributed by atoms with Crippen LogP contribution in [0.25, 0.3) is 0 Å². The minimum Gasteiger partial charge on any atom is -0.504 e. The van der Waals surface area contributed by atoms with Crippen LogP contribution in [0.5, 0.6) is 23.0 Å². The van der Waals surface area contributed by atoms with E-state index in [0.717, 1.165) is 17.0 Å². The number of rotatable bonds is 10. The van der Waals surface area contributed by atoms with Gasteiger partial charge in [-0.2, -0.15) is 11.8 Å². The second kappa shape index (κ2) is 12.5. The number of allylic oxidation sites excluding steroid dienone is 3. The Hall–Kier alpha value is -3.59. The first kappa shape index (κ1) is 28.4. The number of ether oxygens (including phenoxy) is 4. The predicted octanol–water partition coefficient (Wildman–Crippen LogP) is 5.08. The lowest BCUT2D eigenvalue weighted by Crippen LogP contribution is -2.36. The van der Waals surface area contributed by atoms with Crippen molar-refractivity contribution in [2.45, 2.75) is 38.5 Å². The molecule has 208 valence electrons. The molecule has 0 spiro atoms. The number of phenols is 1. The first-order valence-corrected chi connectivity index (χ1v) is 14.1. The number of aromatic hydroxyl groups is 1. The number of dihydropyridines is 1. The van der Waals surface area contributed by atoms with Gasteiger partial charge in [0.2, 0.25) is 0 Å². The highest BCUT2D eigenvalue weighted by Gasteiger charge is 2.41. The number of thioether (sulfide) groups is 1. The van der Waals surface area contributed by atoms with Crippen LogP contribution in [0.2, 0.25) is 0 Å². The molecule has 0 amide bonds. The summed E-state index contributed by atoms with van der Waals surface area (Å²) in [5.74, 6) is 1.86. The number of methoxy groups -OCH3 is 3. The molecule has 4 rings (SSSR count). The maximum absolute atomic E-state index is 13.9. The van der Waals surface area contributed by atoms with Gasteiger partial charge in [0.05, 0.1) is 26.9 Å². The molecule has 1 heterocycles. The topological polar surface area (TPSA) is 103 Å². The van der Waals surface area contributed by atoms with E-state index in [2.05, 4.69) is 12.2 Å². The van der Waals surface area contributed by atoms with Crippen LogP contribution in [-0.4, -0.2) is 56.3 Å². The Labute approximate surface area is 233 Å². The molecule has 2 aromatic carbocycles. The number of Topliss-reactive ketones (excluding diaryl/α,β-unsaturated/α-hetero) is 1. The monoisotopic (exact) mass is 553 g/mol. The number of benzene rings is 2. The number of phenolic OH excluding ortho intramolecular Hbond substituents is 1. The molecule has 8 nitrogen and oxygen atoms in total. The molecule has 0 unspecified atom stereocenters. The van der Waals surface area contributed by atoms with E-state index in [0.29, 0.717) is 46.1 Å². The number of ketones is 1. The van der Waals surface area contributed by atoms with Crippen molar-refractivity contribution in [3.8, 4) is 23.0 Å². The van der Waals surface area contributed by atoms with Crippen molar-refractivity contribution in [3.05, 3.63) is 70.1 Å². The first-order chi connectivity index (χ1) is 18.8. The Morgan fingerprint density at radius 2 is 1.69 bits per heavy atom. The van der Waals surface area contributed by atoms with Gasteiger partial charge in [0.25, 0.3) is 0 Å². The molecule has 0 saturated heterocycles. The summed E-state index contributed by atoms with van der Waals surface area (Å²) in [6.07, 6.45) is 0.852. The number of hydrogen-bond acceptors (Lipinski definition) is 9. The summed E-state index contributed by atoms with van der Waals surface area (Å²) in [6, 6.07) is 10.6. The van der Waals surface area contributed by atoms with Crippen molar-refractivity contribution in [1.82, 2.24) is 5.32 Å². The van der Waals surface area contributed by atoms with Crippen LogP contribution in [-0.2, 0) is 14.3 Å². The van der Waals surface area contributed by atoms with Crippen molar-refractivity contribution in [1.29, 1.82) is 0 Å². The minimum atomic E-state index is -0.652. The van der Waals surface area contributed by atoms with Gasteiger partial charge in [-0.05, 0) is 60.4 Å². The highest BCUT2D eigenvalue weighted by atomic mass is 32.2. The zero-order chi connectivity index (χ0) is 28.1. The van der Waals surface area contributed by atoms with Crippen LogP contribution in [0, 0.1) is 0 Å². The summed E-state index contributed by atoms with van der Waals surface area (Å²) in [5.41, 5.74) is 3.99. The molecular weight excluding hydrogens is 518 g/mol. The van der Waals surface area contributed by atoms with Gasteiger partial charge in [0.1, 0.15) is 6.61 Å². The summed E-state index contributed by atoms with van der Waals surface area (Å²) in [6.45, 7) is 4.16. The molecule has 0 saturated carbocycles. The second-order valence-electron chi connectivity index (χ2n) is 9.40. The Morgan fingerprint density at radius 3 is 2.38 bits per heavy atom. The van der Waals surface area contributed by atoms with Crippen LogP contribution in [0.15, 0.2) is 58.9 Å². The molecule has 9 heteroatoms. The highest BCUT2D eigenvalue weighted by Crippen LogP contribution is 2.47. The van der Waals surface area contributed by atoms with Gasteiger partial charge in [-0.15, -0.1) is 0 Å². The summed E-state index contributed by atoms with van der Waals surface area (Å²) in [5, 5.41) is 13.6. The average Bonchev–Trinajstić information content (AvgIpc) is 2.94. The van der Waals surface area contributed by atoms with Gasteiger partial charge in [-0.1, -0.05) is 19.1 Å². The van der Waals surface area contributed by atoms with Gasteiger partial charge in [0.15, 0.2) is 28.8 Å². The van der Waals surface area contributed by atoms with Crippen molar-refractivity contribution in [2.75, 3.05) is 39.4 Å². The van der Waals surface area contributed by atoms with E-state index in [9.17, 15) is 14.7 Å². The molecule has 1 aliphatic heterocycles. The van der Waals surface area contributed by atoms with Gasteiger partial charge in [-0.3, -0.25) is 4.79 Å². The fourth-order valence-corrected chi connectivity index (χ4v) is 5.76. The van der Waals surface area contributed by atoms with Crippen LogP contribution in [0.3, 0.4) is 0 Å². The number of carbonyl (C=O) groups excluding carboxylic acids is 2. The maximum atomic E-state index is 13.9. The van der Waals surface area contributed by atoms with Crippen LogP contribution < -0.4 is 19.5 Å². The smallest absolute Gasteiger partial charge is 0.336 e. The third kappa shape index (κ3) is 5.88. The summed E-state index contributed by atoms with van der Waals surface area (Å²) < 4.78 is 21.8. The minimum absolute atomic E-state index is 0.0192. The van der Waals surface area contributed by atoms with E-state index in [4.69, 9.17) is 18.9 Å². The van der Waals surface area contributed by atoms with E-state index in [-0.39, 0.29) is 36.2 Å². The standard InChI is InChI=1S/C30H35NO7S/c1-6-39-12-11-38-30(34)27-17(2)31-21-13-20(18-8-10-24(35-3)26(15-18)37-5)14-23(33)29(21)28(27)19-7-9-22(32)25(16-19)36-4/h7-10,15-16,20,28,31-32H,6,11-14H2,1-5H3/t20-,28+/m0/s1. The molecule has 0 radical (unpaired) electrons. The van der Waals surface area contributed by atoms with Crippen molar-refractivity contribution in [2.24, 2.45) is 0 Å². The molecule has 1 aliphatic carbocycles. The molecule has 0 aromatic heterocycles. The number of hydrogen-bond donors (Lipinski definition) is 2. The summed E-state index contributed by atoms with van der Waals surface area (Å²) in [7, 11) is 4.64. The van der Waals surface area contributed by atoms with Crippen LogP contribution in [0.1, 0.15) is 49.7 Å². The largest absolute Gasteiger partial charge is 0.504 e. The zero-order valence-corrected chi connectivity index (χ0v) is 23.8. The Morgan fingerprint density at radius 1 is 1.00 bits per heavy atom. The Bertz CT molecular complexity index is 1320. The second-order valence-corrected chi connectivity index (χ2v) is 10.8. The average molecular weight is 554 g/mol. The van der Waals surface area contributed by atoms with Gasteiger partial charge in [0, 0.05) is 35.1 Å². The van der Waals surface area contributed by atoms with Crippen molar-refractivity contribution < 1.29 is 33.6 Å². The van der Waals surface area contributed by atoms with Crippen molar-refractivity contribution >= 4 is 23.5 Å². The Kier molecular flexibility index (Phi) is 9.12. The van der Waals surface area contributed by atoms with Gasteiger partial charge >= 0.3 is 5.97 Å². The molecule has 2 N–H and O–H groups in total. The van der Waals surface area contributed by atoms with E-state index < -0.39 is 11.9 Å². The highest BCUT2D eigenvalue weighted by molar-refractivity contribution is 7.99. The lowest BCUT2D eigenvalue weighted by atomic mass is 9.71. The maximum Gasteiger partial charge on any atom is 0.336 e. The normalized spacial score (nSPS) is 18.8. The van der Waals surface area contributed by atoms with E-state index in [1.165, 1.54) is 13.2 Å². The molecule has 2 aromatic rings. The lowest BCUT2D eigenvalue weighted by Gasteiger charge is -2.37. The molecule has 39 heavy (non-hydrogen) atoms. The van der Waals surface area contributed by atoms with E-state index >= 15 is 0 Å². The molecule has 0 bridgehead atoms. The molecule has 2 atom stereocenters. The van der Waals surface area contributed by atoms with E-state index in [1.807, 2.05) is 25.1 Å². The summed E-state index contributed by atoms with van der Waals surface area (Å²) in [4.78, 5) is 27.3. The molecular formula is C30H35NO7S. The first-order valence-electron chi connectivity index (χ1n) is 12.9. The molecule has 2 aliphatic rings.